The minimum absolute atomic E-state index is 0.0293. The summed E-state index contributed by atoms with van der Waals surface area (Å²) in [6.45, 7) is 0.209. The molecule has 1 heterocycles. The first-order valence-electron chi connectivity index (χ1n) is 12.5. The van der Waals surface area contributed by atoms with E-state index >= 15 is 0 Å². The molecule has 41 heavy (non-hydrogen) atoms. The summed E-state index contributed by atoms with van der Waals surface area (Å²) in [6, 6.07) is -5.42. The van der Waals surface area contributed by atoms with E-state index in [1.54, 1.807) is 0 Å². The van der Waals surface area contributed by atoms with E-state index < -0.39 is 60.2 Å². The van der Waals surface area contributed by atoms with Gasteiger partial charge >= 0.3 is 11.9 Å². The van der Waals surface area contributed by atoms with Gasteiger partial charge in [-0.1, -0.05) is 0 Å². The number of rotatable bonds is 19. The van der Waals surface area contributed by atoms with Crippen molar-refractivity contribution in [2.45, 2.75) is 62.7 Å². The van der Waals surface area contributed by atoms with Gasteiger partial charge < -0.3 is 59.8 Å². The Bertz CT molecular complexity index is 1080. The molecular weight excluding hydrogens is 544 g/mol. The van der Waals surface area contributed by atoms with Gasteiger partial charge in [-0.2, -0.15) is 0 Å². The van der Waals surface area contributed by atoms with Crippen LogP contribution in [0, 0.1) is 0 Å². The number of aromatic amines is 1. The maximum atomic E-state index is 13.1. The fourth-order valence-electron chi connectivity index (χ4n) is 3.47. The largest absolute Gasteiger partial charge is 0.481 e. The lowest BCUT2D eigenvalue weighted by Crippen LogP contribution is -2.57. The minimum Gasteiger partial charge on any atom is -0.481 e. The number of carbonyl (C=O) groups is 5. The van der Waals surface area contributed by atoms with Gasteiger partial charge in [0.05, 0.1) is 18.8 Å². The smallest absolute Gasteiger partial charge is 0.326 e. The molecule has 0 aromatic carbocycles. The molecule has 0 bridgehead atoms. The van der Waals surface area contributed by atoms with Crippen LogP contribution in [0.5, 0.6) is 0 Å². The minimum atomic E-state index is -1.60. The number of carbonyl (C=O) groups excluding carboxylic acids is 3. The predicted molar refractivity (Wildman–Crippen MR) is 146 cm³/mol. The number of carboxylic acid groups (broad SMARTS) is 2. The zero-order valence-electron chi connectivity index (χ0n) is 22.3. The molecule has 19 nitrogen and oxygen atoms in total. The van der Waals surface area contributed by atoms with Gasteiger partial charge in [0.15, 0.2) is 11.9 Å². The Balaban J connectivity index is 3.01. The van der Waals surface area contributed by atoms with E-state index in [0.717, 1.165) is 0 Å². The van der Waals surface area contributed by atoms with E-state index in [9.17, 15) is 34.2 Å². The molecule has 4 unspecified atom stereocenters. The number of carboxylic acids is 2. The van der Waals surface area contributed by atoms with Crippen LogP contribution in [0.1, 0.15) is 37.8 Å². The van der Waals surface area contributed by atoms with Crippen LogP contribution in [0.2, 0.25) is 0 Å². The van der Waals surface area contributed by atoms with Crippen molar-refractivity contribution in [3.63, 3.8) is 0 Å². The summed E-state index contributed by atoms with van der Waals surface area (Å²) in [6.07, 6.45) is 2.37. The maximum absolute atomic E-state index is 13.1. The number of aromatic nitrogens is 2. The topological polar surface area (TPSA) is 345 Å². The normalized spacial score (nSPS) is 13.5. The number of hydrogen-bond acceptors (Lipinski definition) is 9. The fraction of sp³-hybridized carbons (Fsp3) is 0.545. The number of guanidine groups is 2. The first-order valence-corrected chi connectivity index (χ1v) is 12.5. The van der Waals surface area contributed by atoms with Crippen LogP contribution in [0.15, 0.2) is 22.5 Å². The lowest BCUT2D eigenvalue weighted by Gasteiger charge is -2.24. The van der Waals surface area contributed by atoms with Crippen LogP contribution in [0.3, 0.4) is 0 Å². The second-order valence-corrected chi connectivity index (χ2v) is 8.90. The molecule has 0 fully saturated rings. The number of H-pyrrole nitrogens is 1. The molecule has 0 spiro atoms. The molecule has 16 N–H and O–H groups in total. The molecule has 4 atom stereocenters. The van der Waals surface area contributed by atoms with Gasteiger partial charge in [0.2, 0.25) is 17.7 Å². The standard InChI is InChI=1S/C22H38N12O7/c23-12(7-11-9-28-10-31-11)17(37)34-15(8-16(35)36)19(39)32-13(3-1-5-29-21(24)25)18(38)33-14(20(40)41)4-2-6-30-22(26)27/h9-10,12-15H,1-8,23H2,(H,28,31)(H,32,39)(H,33,38)(H,34,37)(H,35,36)(H,40,41)(H4,24,25,29)(H4,26,27,30). The van der Waals surface area contributed by atoms with E-state index in [-0.39, 0.29) is 57.1 Å². The second kappa shape index (κ2) is 17.6. The summed E-state index contributed by atoms with van der Waals surface area (Å²) >= 11 is 0. The molecule has 0 saturated carbocycles. The van der Waals surface area contributed by atoms with Crippen molar-refractivity contribution in [1.82, 2.24) is 25.9 Å². The highest BCUT2D eigenvalue weighted by molar-refractivity contribution is 5.95. The highest BCUT2D eigenvalue weighted by Crippen LogP contribution is 2.06. The Labute approximate surface area is 234 Å². The molecule has 0 aliphatic carbocycles. The molecule has 0 aliphatic rings. The second-order valence-electron chi connectivity index (χ2n) is 8.90. The van der Waals surface area contributed by atoms with E-state index in [4.69, 9.17) is 28.7 Å². The number of aliphatic carboxylic acids is 2. The van der Waals surface area contributed by atoms with Crippen LogP contribution in [-0.4, -0.2) is 99.0 Å². The lowest BCUT2D eigenvalue weighted by atomic mass is 10.1. The van der Waals surface area contributed by atoms with Crippen molar-refractivity contribution in [3.05, 3.63) is 18.2 Å². The van der Waals surface area contributed by atoms with Crippen LogP contribution in [-0.2, 0) is 30.4 Å². The Hall–Kier alpha value is -4.94. The van der Waals surface area contributed by atoms with Gasteiger partial charge in [-0.3, -0.25) is 29.2 Å². The molecule has 1 rings (SSSR count). The van der Waals surface area contributed by atoms with Gasteiger partial charge in [-0.25, -0.2) is 9.78 Å². The number of hydrogen-bond donors (Lipinski definition) is 11. The molecule has 1 aromatic rings. The molecular formula is C22H38N12O7. The van der Waals surface area contributed by atoms with E-state index in [1.807, 2.05) is 0 Å². The highest BCUT2D eigenvalue weighted by atomic mass is 16.4. The fourth-order valence-corrected chi connectivity index (χ4v) is 3.47. The van der Waals surface area contributed by atoms with Crippen molar-refractivity contribution in [2.24, 2.45) is 38.7 Å². The molecule has 0 aliphatic heterocycles. The quantitative estimate of drug-likeness (QED) is 0.0416. The molecule has 0 radical (unpaired) electrons. The van der Waals surface area contributed by atoms with Crippen LogP contribution < -0.4 is 44.6 Å². The van der Waals surface area contributed by atoms with Crippen molar-refractivity contribution < 1.29 is 34.2 Å². The number of amides is 3. The first-order chi connectivity index (χ1) is 19.3. The van der Waals surface area contributed by atoms with Crippen molar-refractivity contribution in [3.8, 4) is 0 Å². The van der Waals surface area contributed by atoms with E-state index in [0.29, 0.717) is 5.69 Å². The van der Waals surface area contributed by atoms with Gasteiger partial charge in [-0.05, 0) is 25.7 Å². The SMILES string of the molecule is NC(N)=NCCCC(NC(=O)C(CCCN=C(N)N)NC(=O)C(CC(=O)O)NC(=O)C(N)Cc1cnc[nH]1)C(=O)O. The lowest BCUT2D eigenvalue weighted by molar-refractivity contribution is -0.143. The molecule has 228 valence electrons. The average Bonchev–Trinajstić information content (AvgIpc) is 3.39. The number of nitrogens with two attached hydrogens (primary N) is 5. The number of nitrogens with one attached hydrogen (secondary N) is 4. The zero-order chi connectivity index (χ0) is 30.9. The third kappa shape index (κ3) is 14.1. The summed E-state index contributed by atoms with van der Waals surface area (Å²) in [5, 5.41) is 25.8. The van der Waals surface area contributed by atoms with Gasteiger partial charge in [0, 0.05) is 31.4 Å². The van der Waals surface area contributed by atoms with Crippen LogP contribution in [0.4, 0.5) is 0 Å². The summed E-state index contributed by atoms with van der Waals surface area (Å²) in [7, 11) is 0. The summed E-state index contributed by atoms with van der Waals surface area (Å²) in [5.74, 6) is -5.80. The molecule has 1 aromatic heterocycles. The highest BCUT2D eigenvalue weighted by Gasteiger charge is 2.31. The van der Waals surface area contributed by atoms with Gasteiger partial charge in [-0.15, -0.1) is 0 Å². The monoisotopic (exact) mass is 582 g/mol. The zero-order valence-corrected chi connectivity index (χ0v) is 22.3. The third-order valence-corrected chi connectivity index (χ3v) is 5.48. The van der Waals surface area contributed by atoms with Gasteiger partial charge in [0.1, 0.15) is 18.1 Å². The predicted octanol–water partition coefficient (Wildman–Crippen LogP) is -4.60. The van der Waals surface area contributed by atoms with E-state index in [2.05, 4.69) is 35.9 Å². The molecule has 3 amide bonds. The van der Waals surface area contributed by atoms with Crippen molar-refractivity contribution in [1.29, 1.82) is 0 Å². The van der Waals surface area contributed by atoms with E-state index in [1.165, 1.54) is 12.5 Å². The summed E-state index contributed by atoms with van der Waals surface area (Å²) in [4.78, 5) is 76.0. The van der Waals surface area contributed by atoms with Crippen LogP contribution >= 0.6 is 0 Å². The third-order valence-electron chi connectivity index (χ3n) is 5.48. The molecule has 19 heteroatoms. The summed E-state index contributed by atoms with van der Waals surface area (Å²) < 4.78 is 0. The number of nitrogens with zero attached hydrogens (tertiary/aromatic N) is 3. The first kappa shape index (κ1) is 34.1. The van der Waals surface area contributed by atoms with Crippen LogP contribution in [0.25, 0.3) is 0 Å². The van der Waals surface area contributed by atoms with Crippen molar-refractivity contribution >= 4 is 41.6 Å². The maximum Gasteiger partial charge on any atom is 0.326 e. The van der Waals surface area contributed by atoms with Crippen molar-refractivity contribution in [2.75, 3.05) is 13.1 Å². The molecule has 0 saturated heterocycles. The number of aliphatic imine (C=N–C) groups is 2. The Morgan fingerprint density at radius 1 is 0.829 bits per heavy atom. The summed E-state index contributed by atoms with van der Waals surface area (Å²) in [5.41, 5.74) is 27.5. The average molecular weight is 583 g/mol. The number of imidazole rings is 1. The Morgan fingerprint density at radius 2 is 1.34 bits per heavy atom. The Morgan fingerprint density at radius 3 is 1.83 bits per heavy atom. The Kier molecular flexibility index (Phi) is 14.6. The van der Waals surface area contributed by atoms with Gasteiger partial charge in [0.25, 0.3) is 0 Å².